The maximum Gasteiger partial charge on any atom is 0.341 e. The fraction of sp³-hybridized carbons (Fsp3) is 0.214. The van der Waals surface area contributed by atoms with Crippen LogP contribution < -0.4 is 11.1 Å². The summed E-state index contributed by atoms with van der Waals surface area (Å²) < 4.78 is 5.32. The normalized spacial score (nSPS) is 13.5. The zero-order valence-electron chi connectivity index (χ0n) is 20.0. The number of anilines is 2. The summed E-state index contributed by atoms with van der Waals surface area (Å²) in [7, 11) is 0. The van der Waals surface area contributed by atoms with Gasteiger partial charge in [0.1, 0.15) is 0 Å². The molecule has 0 aliphatic heterocycles. The molecule has 3 aromatic carbocycles. The molecule has 0 bridgehead atoms. The number of rotatable bonds is 4. The van der Waals surface area contributed by atoms with Gasteiger partial charge in [0.05, 0.1) is 16.8 Å². The Morgan fingerprint density at radius 2 is 1.46 bits per heavy atom. The number of fused-ring (bicyclic) bond motifs is 2. The zero-order valence-corrected chi connectivity index (χ0v) is 20.0. The summed E-state index contributed by atoms with van der Waals surface area (Å²) in [5, 5.41) is 2.72. The van der Waals surface area contributed by atoms with Gasteiger partial charge in [-0.15, -0.1) is 0 Å². The second-order valence-corrected chi connectivity index (χ2v) is 9.52. The van der Waals surface area contributed by atoms with Crippen LogP contribution in [0.5, 0.6) is 0 Å². The predicted octanol–water partition coefficient (Wildman–Crippen LogP) is 4.53. The maximum absolute atomic E-state index is 13.0. The minimum Gasteiger partial charge on any atom is -0.449 e. The van der Waals surface area contributed by atoms with Crippen molar-refractivity contribution in [2.75, 3.05) is 11.1 Å². The summed E-state index contributed by atoms with van der Waals surface area (Å²) in [6.45, 7) is 7.72. The number of nitrogens with one attached hydrogen (secondary N) is 1. The Balaban J connectivity index is 1.51. The van der Waals surface area contributed by atoms with Crippen LogP contribution in [0.15, 0.2) is 60.7 Å². The Hall–Kier alpha value is -4.26. The highest BCUT2D eigenvalue weighted by Gasteiger charge is 2.33. The number of benzene rings is 3. The number of ketones is 2. The van der Waals surface area contributed by atoms with Gasteiger partial charge in [0.2, 0.25) is 0 Å². The van der Waals surface area contributed by atoms with Gasteiger partial charge >= 0.3 is 5.97 Å². The molecule has 3 N–H and O–H groups in total. The summed E-state index contributed by atoms with van der Waals surface area (Å²) in [4.78, 5) is 51.3. The highest BCUT2D eigenvalue weighted by atomic mass is 16.5. The first-order chi connectivity index (χ1) is 16.5. The maximum atomic E-state index is 13.0. The quantitative estimate of drug-likeness (QED) is 0.335. The van der Waals surface area contributed by atoms with E-state index in [4.69, 9.17) is 10.5 Å². The second kappa shape index (κ2) is 8.83. The second-order valence-electron chi connectivity index (χ2n) is 9.52. The molecule has 7 heteroatoms. The van der Waals surface area contributed by atoms with Crippen LogP contribution in [0.3, 0.4) is 0 Å². The number of esters is 1. The zero-order chi connectivity index (χ0) is 25.5. The van der Waals surface area contributed by atoms with Gasteiger partial charge in [-0.25, -0.2) is 4.79 Å². The molecule has 0 aromatic heterocycles. The van der Waals surface area contributed by atoms with Crippen LogP contribution >= 0.6 is 0 Å². The van der Waals surface area contributed by atoms with Gasteiger partial charge in [0, 0.05) is 22.4 Å². The van der Waals surface area contributed by atoms with Gasteiger partial charge in [-0.2, -0.15) is 0 Å². The van der Waals surface area contributed by atoms with Crippen LogP contribution in [0.1, 0.15) is 75.5 Å². The van der Waals surface area contributed by atoms with Gasteiger partial charge in [-0.1, -0.05) is 57.2 Å². The molecule has 35 heavy (non-hydrogen) atoms. The van der Waals surface area contributed by atoms with Crippen molar-refractivity contribution in [2.24, 2.45) is 0 Å². The van der Waals surface area contributed by atoms with Crippen LogP contribution in [0.25, 0.3) is 0 Å². The van der Waals surface area contributed by atoms with Crippen molar-refractivity contribution in [3.05, 3.63) is 94.0 Å². The Morgan fingerprint density at radius 1 is 0.857 bits per heavy atom. The molecule has 1 aliphatic rings. The van der Waals surface area contributed by atoms with E-state index in [1.165, 1.54) is 19.1 Å². The fourth-order valence-corrected chi connectivity index (χ4v) is 3.97. The summed E-state index contributed by atoms with van der Waals surface area (Å²) >= 11 is 0. The molecule has 3 aromatic rings. The first kappa shape index (κ1) is 23.9. The average Bonchev–Trinajstić information content (AvgIpc) is 2.82. The number of carbonyl (C=O) groups excluding carboxylic acids is 4. The number of carbonyl (C=O) groups is 4. The van der Waals surface area contributed by atoms with Crippen LogP contribution in [0, 0.1) is 0 Å². The molecule has 1 aliphatic carbocycles. The summed E-state index contributed by atoms with van der Waals surface area (Å²) in [5.74, 6) is -2.16. The molecule has 178 valence electrons. The predicted molar refractivity (Wildman–Crippen MR) is 133 cm³/mol. The van der Waals surface area contributed by atoms with E-state index in [1.54, 1.807) is 36.4 Å². The molecule has 1 atom stereocenters. The van der Waals surface area contributed by atoms with Crippen molar-refractivity contribution >= 4 is 34.8 Å². The minimum atomic E-state index is -1.13. The minimum absolute atomic E-state index is 0.0196. The number of nitrogens with two attached hydrogens (primary N) is 1. The number of hydrogen-bond donors (Lipinski definition) is 2. The van der Waals surface area contributed by atoms with E-state index in [9.17, 15) is 19.2 Å². The molecule has 0 saturated carbocycles. The largest absolute Gasteiger partial charge is 0.449 e. The van der Waals surface area contributed by atoms with Crippen molar-refractivity contribution in [1.82, 2.24) is 0 Å². The average molecular weight is 471 g/mol. The molecular weight excluding hydrogens is 444 g/mol. The van der Waals surface area contributed by atoms with E-state index in [0.717, 1.165) is 5.56 Å². The van der Waals surface area contributed by atoms with Crippen molar-refractivity contribution in [3.8, 4) is 0 Å². The lowest BCUT2D eigenvalue weighted by Gasteiger charge is -2.21. The summed E-state index contributed by atoms with van der Waals surface area (Å²) in [6, 6.07) is 16.6. The molecule has 7 nitrogen and oxygen atoms in total. The number of amides is 1. The van der Waals surface area contributed by atoms with Crippen molar-refractivity contribution < 1.29 is 23.9 Å². The lowest BCUT2D eigenvalue weighted by atomic mass is 9.82. The lowest BCUT2D eigenvalue weighted by molar-refractivity contribution is -0.123. The monoisotopic (exact) mass is 470 g/mol. The summed E-state index contributed by atoms with van der Waals surface area (Å²) in [6.07, 6.45) is -1.13. The van der Waals surface area contributed by atoms with Gasteiger partial charge < -0.3 is 15.8 Å². The Bertz CT molecular complexity index is 1370. The molecular formula is C28H26N2O5. The molecule has 0 radical (unpaired) electrons. The van der Waals surface area contributed by atoms with Gasteiger partial charge in [-0.05, 0) is 42.2 Å². The smallest absolute Gasteiger partial charge is 0.341 e. The van der Waals surface area contributed by atoms with E-state index < -0.39 is 23.8 Å². The van der Waals surface area contributed by atoms with E-state index in [0.29, 0.717) is 11.3 Å². The van der Waals surface area contributed by atoms with E-state index in [2.05, 4.69) is 26.1 Å². The van der Waals surface area contributed by atoms with E-state index in [-0.39, 0.29) is 39.1 Å². The van der Waals surface area contributed by atoms with Gasteiger partial charge in [-0.3, -0.25) is 14.4 Å². The standard InChI is InChI=1S/C28H26N2O5/c1-15(26(33)30-17-11-9-16(10-12-17)28(2,3)4)35-27(34)21-14-13-20-22(23(21)29)25(32)19-8-6-5-7-18(19)24(20)31/h5-15H,29H2,1-4H3,(H,30,33). The highest BCUT2D eigenvalue weighted by Crippen LogP contribution is 2.33. The molecule has 0 fully saturated rings. The van der Waals surface area contributed by atoms with Crippen LogP contribution in [-0.4, -0.2) is 29.5 Å². The molecule has 1 unspecified atom stereocenters. The van der Waals surface area contributed by atoms with Crippen molar-refractivity contribution in [2.45, 2.75) is 39.2 Å². The molecule has 0 heterocycles. The highest BCUT2D eigenvalue weighted by molar-refractivity contribution is 6.30. The lowest BCUT2D eigenvalue weighted by Crippen LogP contribution is -2.30. The third-order valence-electron chi connectivity index (χ3n) is 6.02. The van der Waals surface area contributed by atoms with E-state index >= 15 is 0 Å². The Kier molecular flexibility index (Phi) is 6.03. The third kappa shape index (κ3) is 4.45. The fourth-order valence-electron chi connectivity index (χ4n) is 3.97. The van der Waals surface area contributed by atoms with E-state index in [1.807, 2.05) is 12.1 Å². The SMILES string of the molecule is CC(OC(=O)c1ccc2c(c1N)C(=O)c1ccccc1C2=O)C(=O)Nc1ccc(C(C)(C)C)cc1. The van der Waals surface area contributed by atoms with Crippen LogP contribution in [0.2, 0.25) is 0 Å². The van der Waals surface area contributed by atoms with Gasteiger partial charge in [0.25, 0.3) is 5.91 Å². The molecule has 1 amide bonds. The van der Waals surface area contributed by atoms with Gasteiger partial charge in [0.15, 0.2) is 17.7 Å². The number of nitrogen functional groups attached to an aromatic ring is 1. The Morgan fingerprint density at radius 3 is 2.06 bits per heavy atom. The Labute approximate surface area is 203 Å². The topological polar surface area (TPSA) is 116 Å². The number of ether oxygens (including phenoxy) is 1. The van der Waals surface area contributed by atoms with Crippen molar-refractivity contribution in [1.29, 1.82) is 0 Å². The van der Waals surface area contributed by atoms with Crippen LogP contribution in [-0.2, 0) is 14.9 Å². The molecule has 0 saturated heterocycles. The summed E-state index contributed by atoms with van der Waals surface area (Å²) in [5.41, 5.74) is 8.23. The van der Waals surface area contributed by atoms with Crippen molar-refractivity contribution in [3.63, 3.8) is 0 Å². The molecule has 0 spiro atoms. The first-order valence-corrected chi connectivity index (χ1v) is 11.2. The third-order valence-corrected chi connectivity index (χ3v) is 6.02. The first-order valence-electron chi connectivity index (χ1n) is 11.2. The molecule has 4 rings (SSSR count). The number of hydrogen-bond acceptors (Lipinski definition) is 6. The van der Waals surface area contributed by atoms with Crippen LogP contribution in [0.4, 0.5) is 11.4 Å².